The van der Waals surface area contributed by atoms with E-state index in [0.29, 0.717) is 31.7 Å². The Morgan fingerprint density at radius 2 is 2.03 bits per heavy atom. The predicted octanol–water partition coefficient (Wildman–Crippen LogP) is 4.08. The van der Waals surface area contributed by atoms with Gasteiger partial charge in [-0.05, 0) is 31.9 Å². The minimum absolute atomic E-state index is 0.0267. The molecular formula is C21H20ClF3N6O3S. The van der Waals surface area contributed by atoms with Crippen LogP contribution >= 0.6 is 22.9 Å². The highest BCUT2D eigenvalue weighted by molar-refractivity contribution is 7.10. The highest BCUT2D eigenvalue weighted by Crippen LogP contribution is 2.33. The van der Waals surface area contributed by atoms with Crippen LogP contribution in [0.25, 0.3) is 0 Å². The van der Waals surface area contributed by atoms with E-state index in [9.17, 15) is 27.9 Å². The van der Waals surface area contributed by atoms with Gasteiger partial charge in [0.15, 0.2) is 16.6 Å². The molecule has 2 amide bonds. The number of pyridine rings is 1. The van der Waals surface area contributed by atoms with Crippen molar-refractivity contribution in [3.8, 4) is 5.75 Å². The van der Waals surface area contributed by atoms with Crippen molar-refractivity contribution in [2.75, 3.05) is 18.4 Å². The zero-order chi connectivity index (χ0) is 25.3. The molecular weight excluding hydrogens is 509 g/mol. The van der Waals surface area contributed by atoms with Crippen LogP contribution in [0.1, 0.15) is 45.5 Å². The SMILES string of the molecule is Cc1cc(C(F)(F)F)nn1CC(=O)N1CCC(c2nc(NC(=O)c3ccnc(Cl)c3O)cs2)CC1. The number of carbonyl (C=O) groups is 2. The fraction of sp³-hybridized carbons (Fsp3) is 0.381. The first kappa shape index (κ1) is 24.9. The van der Waals surface area contributed by atoms with Gasteiger partial charge >= 0.3 is 6.18 Å². The third kappa shape index (κ3) is 5.56. The zero-order valence-electron chi connectivity index (χ0n) is 18.3. The van der Waals surface area contributed by atoms with Crippen molar-refractivity contribution in [1.29, 1.82) is 0 Å². The van der Waals surface area contributed by atoms with Crippen LogP contribution in [0, 0.1) is 6.92 Å². The fourth-order valence-corrected chi connectivity index (χ4v) is 4.82. The van der Waals surface area contributed by atoms with Crippen molar-refractivity contribution in [2.24, 2.45) is 0 Å². The molecule has 1 aliphatic heterocycles. The lowest BCUT2D eigenvalue weighted by Crippen LogP contribution is -2.40. The highest BCUT2D eigenvalue weighted by atomic mass is 35.5. The summed E-state index contributed by atoms with van der Waals surface area (Å²) in [4.78, 5) is 34.8. The number of halogens is 4. The van der Waals surface area contributed by atoms with Crippen LogP contribution < -0.4 is 5.32 Å². The molecule has 0 radical (unpaired) electrons. The van der Waals surface area contributed by atoms with E-state index in [1.807, 2.05) is 0 Å². The van der Waals surface area contributed by atoms with Gasteiger partial charge in [-0.3, -0.25) is 14.3 Å². The van der Waals surface area contributed by atoms with Crippen LogP contribution in [0.2, 0.25) is 5.15 Å². The van der Waals surface area contributed by atoms with Gasteiger partial charge in [0.05, 0.1) is 10.6 Å². The van der Waals surface area contributed by atoms with Crippen molar-refractivity contribution in [1.82, 2.24) is 24.6 Å². The number of rotatable bonds is 5. The lowest BCUT2D eigenvalue weighted by atomic mass is 9.97. The molecule has 14 heteroatoms. The lowest BCUT2D eigenvalue weighted by molar-refractivity contribution is -0.142. The minimum Gasteiger partial charge on any atom is -0.504 e. The van der Waals surface area contributed by atoms with E-state index < -0.39 is 23.5 Å². The molecule has 1 saturated heterocycles. The Hall–Kier alpha value is -3.19. The number of aromatic hydroxyl groups is 1. The van der Waals surface area contributed by atoms with Crippen LogP contribution in [-0.2, 0) is 17.5 Å². The molecule has 3 aromatic rings. The van der Waals surface area contributed by atoms with E-state index in [0.717, 1.165) is 15.8 Å². The molecule has 35 heavy (non-hydrogen) atoms. The standard InChI is InChI=1S/C21H20ClF3N6O3S/c1-11-8-14(21(23,24)25)29-31(11)9-16(32)30-6-3-12(4-7-30)20-28-15(10-35-20)27-19(34)13-2-5-26-18(22)17(13)33/h2,5,8,10,12,33H,3-4,6-7,9H2,1H3,(H,27,34). The molecule has 0 bridgehead atoms. The Kier molecular flexibility index (Phi) is 6.99. The molecule has 9 nitrogen and oxygen atoms in total. The Bertz CT molecular complexity index is 1250. The van der Waals surface area contributed by atoms with Gasteiger partial charge in [0, 0.05) is 36.3 Å². The summed E-state index contributed by atoms with van der Waals surface area (Å²) >= 11 is 7.11. The number of likely N-dealkylation sites (tertiary alicyclic amines) is 1. The maximum absolute atomic E-state index is 12.9. The van der Waals surface area contributed by atoms with Crippen LogP contribution in [0.4, 0.5) is 19.0 Å². The van der Waals surface area contributed by atoms with Crippen molar-refractivity contribution in [2.45, 2.75) is 38.4 Å². The molecule has 4 rings (SSSR count). The van der Waals surface area contributed by atoms with Gasteiger partial charge in [0.2, 0.25) is 5.91 Å². The number of aromatic nitrogens is 4. The largest absolute Gasteiger partial charge is 0.504 e. The number of anilines is 1. The summed E-state index contributed by atoms with van der Waals surface area (Å²) in [6, 6.07) is 2.26. The minimum atomic E-state index is -4.56. The second-order valence-electron chi connectivity index (χ2n) is 8.00. The Morgan fingerprint density at radius 3 is 2.69 bits per heavy atom. The van der Waals surface area contributed by atoms with Gasteiger partial charge in [-0.2, -0.15) is 18.3 Å². The summed E-state index contributed by atoms with van der Waals surface area (Å²) in [6.07, 6.45) is -2.00. The van der Waals surface area contributed by atoms with Crippen LogP contribution in [-0.4, -0.2) is 54.7 Å². The van der Waals surface area contributed by atoms with Gasteiger partial charge in [-0.25, -0.2) is 9.97 Å². The molecule has 0 aliphatic carbocycles. The van der Waals surface area contributed by atoms with Gasteiger partial charge in [0.1, 0.15) is 12.4 Å². The summed E-state index contributed by atoms with van der Waals surface area (Å²) in [5, 5.41) is 18.3. The molecule has 0 unspecified atom stereocenters. The first-order valence-corrected chi connectivity index (χ1v) is 11.8. The number of carbonyl (C=O) groups excluding carboxylic acids is 2. The topological polar surface area (TPSA) is 113 Å². The average molecular weight is 529 g/mol. The Labute approximate surface area is 206 Å². The quantitative estimate of drug-likeness (QED) is 0.482. The Balaban J connectivity index is 1.32. The van der Waals surface area contributed by atoms with E-state index in [-0.39, 0.29) is 34.8 Å². The number of piperidine rings is 1. The fourth-order valence-electron chi connectivity index (χ4n) is 3.74. The van der Waals surface area contributed by atoms with Crippen molar-refractivity contribution in [3.63, 3.8) is 0 Å². The average Bonchev–Trinajstić information content (AvgIpc) is 3.42. The summed E-state index contributed by atoms with van der Waals surface area (Å²) in [5.41, 5.74) is -0.781. The van der Waals surface area contributed by atoms with Crippen LogP contribution in [0.3, 0.4) is 0 Å². The summed E-state index contributed by atoms with van der Waals surface area (Å²) < 4.78 is 39.6. The van der Waals surface area contributed by atoms with Crippen LogP contribution in [0.5, 0.6) is 5.75 Å². The third-order valence-electron chi connectivity index (χ3n) is 5.64. The molecule has 2 N–H and O–H groups in total. The number of aryl methyl sites for hydroxylation is 1. The van der Waals surface area contributed by atoms with E-state index >= 15 is 0 Å². The molecule has 3 aromatic heterocycles. The van der Waals surface area contributed by atoms with Gasteiger partial charge in [-0.1, -0.05) is 11.6 Å². The lowest BCUT2D eigenvalue weighted by Gasteiger charge is -2.31. The van der Waals surface area contributed by atoms with E-state index in [4.69, 9.17) is 11.6 Å². The smallest absolute Gasteiger partial charge is 0.435 e. The Morgan fingerprint density at radius 1 is 1.31 bits per heavy atom. The third-order valence-corrected chi connectivity index (χ3v) is 6.93. The summed E-state index contributed by atoms with van der Waals surface area (Å²) in [6.45, 7) is 2.08. The monoisotopic (exact) mass is 528 g/mol. The number of thiazole rings is 1. The highest BCUT2D eigenvalue weighted by Gasteiger charge is 2.35. The van der Waals surface area contributed by atoms with E-state index in [1.165, 1.54) is 30.5 Å². The number of amides is 2. The van der Waals surface area contributed by atoms with Crippen LogP contribution in [0.15, 0.2) is 23.7 Å². The zero-order valence-corrected chi connectivity index (χ0v) is 19.9. The maximum Gasteiger partial charge on any atom is 0.435 e. The molecule has 0 saturated carbocycles. The molecule has 0 spiro atoms. The molecule has 1 aliphatic rings. The molecule has 186 valence electrons. The number of nitrogens with one attached hydrogen (secondary N) is 1. The van der Waals surface area contributed by atoms with Crippen molar-refractivity contribution in [3.05, 3.63) is 50.8 Å². The van der Waals surface area contributed by atoms with Crippen molar-refractivity contribution >= 4 is 40.6 Å². The molecule has 1 fully saturated rings. The summed E-state index contributed by atoms with van der Waals surface area (Å²) in [7, 11) is 0. The van der Waals surface area contributed by atoms with Crippen molar-refractivity contribution < 1.29 is 27.9 Å². The van der Waals surface area contributed by atoms with Gasteiger partial charge in [0.25, 0.3) is 5.91 Å². The molecule has 4 heterocycles. The van der Waals surface area contributed by atoms with E-state index in [2.05, 4.69) is 20.4 Å². The number of nitrogens with zero attached hydrogens (tertiary/aromatic N) is 5. The first-order valence-electron chi connectivity index (χ1n) is 10.5. The first-order chi connectivity index (χ1) is 16.5. The normalized spacial score (nSPS) is 14.8. The maximum atomic E-state index is 12.9. The van der Waals surface area contributed by atoms with E-state index in [1.54, 1.807) is 10.3 Å². The molecule has 0 atom stereocenters. The second kappa shape index (κ2) is 9.82. The van der Waals surface area contributed by atoms with Gasteiger partial charge < -0.3 is 15.3 Å². The predicted molar refractivity (Wildman–Crippen MR) is 122 cm³/mol. The number of hydrogen-bond donors (Lipinski definition) is 2. The number of alkyl halides is 3. The second-order valence-corrected chi connectivity index (χ2v) is 9.25. The van der Waals surface area contributed by atoms with Gasteiger partial charge in [-0.15, -0.1) is 11.3 Å². The molecule has 0 aromatic carbocycles. The summed E-state index contributed by atoms with van der Waals surface area (Å²) in [5.74, 6) is -0.894. The number of hydrogen-bond acceptors (Lipinski definition) is 7.